The van der Waals surface area contributed by atoms with Crippen LogP contribution < -0.4 is 20.1 Å². The monoisotopic (exact) mass is 368 g/mol. The van der Waals surface area contributed by atoms with Crippen molar-refractivity contribution in [2.45, 2.75) is 13.8 Å². The van der Waals surface area contributed by atoms with Crippen molar-refractivity contribution < 1.29 is 9.47 Å². The number of nitriles is 1. The molecule has 0 bridgehead atoms. The summed E-state index contributed by atoms with van der Waals surface area (Å²) >= 11 is 0. The van der Waals surface area contributed by atoms with Crippen LogP contribution >= 0.6 is 0 Å². The Morgan fingerprint density at radius 1 is 1.26 bits per heavy atom. The second-order valence-corrected chi connectivity index (χ2v) is 6.50. The van der Waals surface area contributed by atoms with Crippen LogP contribution in [0.5, 0.6) is 11.5 Å². The number of anilines is 2. The largest absolute Gasteiger partial charge is 0.493 e. The topological polar surface area (TPSA) is 110 Å². The first-order chi connectivity index (χ1) is 12.8. The van der Waals surface area contributed by atoms with Crippen LogP contribution in [0.2, 0.25) is 0 Å². The maximum atomic E-state index is 9.56. The first kappa shape index (κ1) is 20.0. The quantitative estimate of drug-likeness (QED) is 0.743. The molecule has 2 rings (SSSR count). The number of nitrogen functional groups attached to an aromatic ring is 1. The molecule has 0 saturated heterocycles. The molecule has 1 heterocycles. The van der Waals surface area contributed by atoms with E-state index in [2.05, 4.69) is 34.9 Å². The minimum absolute atomic E-state index is 0.0554. The van der Waals surface area contributed by atoms with Crippen molar-refractivity contribution in [3.8, 4) is 17.6 Å². The molecule has 0 aliphatic carbocycles. The fourth-order valence-corrected chi connectivity index (χ4v) is 2.16. The number of nitrogens with zero attached hydrogens (tertiary/aromatic N) is 5. The first-order valence-electron chi connectivity index (χ1n) is 8.46. The Hall–Kier alpha value is -3.34. The van der Waals surface area contributed by atoms with Gasteiger partial charge in [-0.3, -0.25) is 0 Å². The highest BCUT2D eigenvalue weighted by atomic mass is 16.5. The fraction of sp³-hybridized carbons (Fsp3) is 0.368. The maximum absolute atomic E-state index is 9.56. The number of benzene rings is 1. The predicted molar refractivity (Wildman–Crippen MR) is 105 cm³/mol. The molecule has 0 saturated carbocycles. The third kappa shape index (κ3) is 5.31. The van der Waals surface area contributed by atoms with Gasteiger partial charge in [0.1, 0.15) is 6.07 Å². The number of allylic oxidation sites excluding steroid dienone is 1. The van der Waals surface area contributed by atoms with Gasteiger partial charge in [-0.15, -0.1) is 0 Å². The molecule has 0 atom stereocenters. The molecule has 8 nitrogen and oxygen atoms in total. The van der Waals surface area contributed by atoms with Crippen LogP contribution in [0.25, 0.3) is 11.6 Å². The molecule has 2 N–H and O–H groups in total. The molecule has 8 heteroatoms. The summed E-state index contributed by atoms with van der Waals surface area (Å²) in [4.78, 5) is 14.1. The Kier molecular flexibility index (Phi) is 6.55. The summed E-state index contributed by atoms with van der Waals surface area (Å²) in [7, 11) is 5.15. The van der Waals surface area contributed by atoms with E-state index in [0.717, 1.165) is 5.56 Å². The predicted octanol–water partition coefficient (Wildman–Crippen LogP) is 2.63. The Morgan fingerprint density at radius 2 is 2.00 bits per heavy atom. The van der Waals surface area contributed by atoms with E-state index < -0.39 is 0 Å². The summed E-state index contributed by atoms with van der Waals surface area (Å²) in [6.45, 7) is 4.74. The van der Waals surface area contributed by atoms with Gasteiger partial charge in [-0.2, -0.15) is 20.2 Å². The molecule has 0 radical (unpaired) electrons. The molecule has 1 aromatic heterocycles. The summed E-state index contributed by atoms with van der Waals surface area (Å²) in [5, 5.41) is 9.56. The minimum Gasteiger partial charge on any atom is -0.493 e. The summed E-state index contributed by atoms with van der Waals surface area (Å²) in [6.07, 6.45) is 1.67. The second kappa shape index (κ2) is 8.85. The van der Waals surface area contributed by atoms with Gasteiger partial charge in [-0.1, -0.05) is 19.9 Å². The lowest BCUT2D eigenvalue weighted by Crippen LogP contribution is -2.15. The van der Waals surface area contributed by atoms with Gasteiger partial charge in [-0.05, 0) is 29.7 Å². The normalized spacial score (nSPS) is 11.2. The van der Waals surface area contributed by atoms with Crippen molar-refractivity contribution in [2.75, 3.05) is 38.4 Å². The van der Waals surface area contributed by atoms with E-state index in [0.29, 0.717) is 30.0 Å². The first-order valence-corrected chi connectivity index (χ1v) is 8.46. The molecular weight excluding hydrogens is 344 g/mol. The van der Waals surface area contributed by atoms with Crippen molar-refractivity contribution in [3.63, 3.8) is 0 Å². The molecule has 0 fully saturated rings. The zero-order chi connectivity index (χ0) is 20.0. The van der Waals surface area contributed by atoms with E-state index in [1.54, 1.807) is 38.2 Å². The zero-order valence-electron chi connectivity index (χ0n) is 16.2. The average molecular weight is 368 g/mol. The van der Waals surface area contributed by atoms with Gasteiger partial charge in [0.05, 0.1) is 19.3 Å². The molecule has 0 unspecified atom stereocenters. The standard InChI is InChI=1S/C19H24N6O2/c1-12(2)11-27-15-7-6-13(9-16(15)26-5)8-14(10-20)17-22-18(21)24-19(23-17)25(3)4/h6-9,12H,11H2,1-5H3,(H2,21,22,23,24). The highest BCUT2D eigenvalue weighted by Gasteiger charge is 2.12. The lowest BCUT2D eigenvalue weighted by atomic mass is 10.1. The molecule has 142 valence electrons. The molecule has 2 aromatic rings. The second-order valence-electron chi connectivity index (χ2n) is 6.50. The third-order valence-corrected chi connectivity index (χ3v) is 3.47. The van der Waals surface area contributed by atoms with Crippen molar-refractivity contribution in [1.82, 2.24) is 15.0 Å². The zero-order valence-corrected chi connectivity index (χ0v) is 16.2. The van der Waals surface area contributed by atoms with Crippen LogP contribution in [0.15, 0.2) is 18.2 Å². The van der Waals surface area contributed by atoms with E-state index in [9.17, 15) is 5.26 Å². The maximum Gasteiger partial charge on any atom is 0.230 e. The average Bonchev–Trinajstić information content (AvgIpc) is 2.64. The molecule has 0 aliphatic heterocycles. The fourth-order valence-electron chi connectivity index (χ4n) is 2.16. The molecular formula is C19H24N6O2. The number of hydrogen-bond donors (Lipinski definition) is 1. The van der Waals surface area contributed by atoms with Gasteiger partial charge in [-0.25, -0.2) is 0 Å². The Balaban J connectivity index is 2.39. The van der Waals surface area contributed by atoms with E-state index in [4.69, 9.17) is 15.2 Å². The smallest absolute Gasteiger partial charge is 0.230 e. The van der Waals surface area contributed by atoms with Crippen LogP contribution in [-0.4, -0.2) is 42.8 Å². The molecule has 27 heavy (non-hydrogen) atoms. The Morgan fingerprint density at radius 3 is 2.59 bits per heavy atom. The van der Waals surface area contributed by atoms with Gasteiger partial charge >= 0.3 is 0 Å². The Labute approximate surface area is 159 Å². The number of ether oxygens (including phenoxy) is 2. The van der Waals surface area contributed by atoms with Crippen LogP contribution in [0.4, 0.5) is 11.9 Å². The third-order valence-electron chi connectivity index (χ3n) is 3.47. The SMILES string of the molecule is COc1cc(C=C(C#N)c2nc(N)nc(N(C)C)n2)ccc1OCC(C)C. The summed E-state index contributed by atoms with van der Waals surface area (Å²) in [6, 6.07) is 7.57. The molecule has 0 spiro atoms. The van der Waals surface area contributed by atoms with Crippen molar-refractivity contribution in [3.05, 3.63) is 29.6 Å². The summed E-state index contributed by atoms with van der Waals surface area (Å²) in [5.41, 5.74) is 6.77. The lowest BCUT2D eigenvalue weighted by molar-refractivity contribution is 0.257. The number of nitrogens with two attached hydrogens (primary N) is 1. The van der Waals surface area contributed by atoms with Crippen LogP contribution in [0.1, 0.15) is 25.2 Å². The van der Waals surface area contributed by atoms with Gasteiger partial charge < -0.3 is 20.1 Å². The number of hydrogen-bond acceptors (Lipinski definition) is 8. The van der Waals surface area contributed by atoms with Crippen LogP contribution in [0.3, 0.4) is 0 Å². The van der Waals surface area contributed by atoms with E-state index in [1.165, 1.54) is 0 Å². The number of aromatic nitrogens is 3. The van der Waals surface area contributed by atoms with Gasteiger partial charge in [0.2, 0.25) is 11.9 Å². The van der Waals surface area contributed by atoms with Crippen molar-refractivity contribution >= 4 is 23.5 Å². The van der Waals surface area contributed by atoms with Crippen molar-refractivity contribution in [1.29, 1.82) is 5.26 Å². The van der Waals surface area contributed by atoms with E-state index in [1.807, 2.05) is 12.1 Å². The summed E-state index contributed by atoms with van der Waals surface area (Å²) in [5.74, 6) is 2.30. The number of rotatable bonds is 7. The van der Waals surface area contributed by atoms with Gasteiger partial charge in [0, 0.05) is 14.1 Å². The molecule has 0 amide bonds. The van der Waals surface area contributed by atoms with Gasteiger partial charge in [0.15, 0.2) is 17.3 Å². The van der Waals surface area contributed by atoms with E-state index in [-0.39, 0.29) is 17.3 Å². The molecule has 1 aromatic carbocycles. The summed E-state index contributed by atoms with van der Waals surface area (Å²) < 4.78 is 11.2. The Bertz CT molecular complexity index is 871. The van der Waals surface area contributed by atoms with Crippen LogP contribution in [0, 0.1) is 17.2 Å². The van der Waals surface area contributed by atoms with Gasteiger partial charge in [0.25, 0.3) is 0 Å². The lowest BCUT2D eigenvalue weighted by Gasteiger charge is -2.13. The van der Waals surface area contributed by atoms with E-state index >= 15 is 0 Å². The van der Waals surface area contributed by atoms with Crippen LogP contribution in [-0.2, 0) is 0 Å². The minimum atomic E-state index is 0.0554. The van der Waals surface area contributed by atoms with Crippen molar-refractivity contribution in [2.24, 2.45) is 5.92 Å². The highest BCUT2D eigenvalue weighted by Crippen LogP contribution is 2.30. The molecule has 0 aliphatic rings. The highest BCUT2D eigenvalue weighted by molar-refractivity contribution is 5.87. The number of methoxy groups -OCH3 is 1.